The van der Waals surface area contributed by atoms with E-state index in [0.717, 1.165) is 71.2 Å². The minimum Gasteiger partial charge on any atom is -0.493 e. The zero-order chi connectivity index (χ0) is 24.3. The smallest absolute Gasteiger partial charge is 0.307 e. The molecule has 0 bridgehead atoms. The summed E-state index contributed by atoms with van der Waals surface area (Å²) in [4.78, 5) is 14.4. The van der Waals surface area contributed by atoms with Gasteiger partial charge < -0.3 is 19.2 Å². The number of hydrogen-bond acceptors (Lipinski definition) is 3. The summed E-state index contributed by atoms with van der Waals surface area (Å²) in [5.74, 6) is 0.105. The van der Waals surface area contributed by atoms with Crippen LogP contribution >= 0.6 is 0 Å². The number of furan rings is 1. The van der Waals surface area contributed by atoms with Crippen molar-refractivity contribution in [3.05, 3.63) is 65.0 Å². The Balaban J connectivity index is 1.42. The largest absolute Gasteiger partial charge is 0.493 e. The van der Waals surface area contributed by atoms with Crippen LogP contribution in [-0.2, 0) is 30.5 Å². The summed E-state index contributed by atoms with van der Waals surface area (Å²) in [5.41, 5.74) is 6.58. The van der Waals surface area contributed by atoms with Gasteiger partial charge >= 0.3 is 5.97 Å². The predicted octanol–water partition coefficient (Wildman–Crippen LogP) is 7.09. The number of aromatic nitrogens is 1. The summed E-state index contributed by atoms with van der Waals surface area (Å²) < 4.78 is 12.3. The molecule has 4 aromatic rings. The van der Waals surface area contributed by atoms with Gasteiger partial charge in [-0.3, -0.25) is 4.79 Å². The molecule has 2 aromatic heterocycles. The van der Waals surface area contributed by atoms with E-state index >= 15 is 0 Å². The molecule has 2 heterocycles. The van der Waals surface area contributed by atoms with Gasteiger partial charge in [-0.1, -0.05) is 40.2 Å². The Morgan fingerprint density at radius 3 is 2.68 bits per heavy atom. The summed E-state index contributed by atoms with van der Waals surface area (Å²) in [7, 11) is 0. The van der Waals surface area contributed by atoms with Crippen LogP contribution in [0.25, 0.3) is 21.9 Å². The molecule has 0 unspecified atom stereocenters. The topological polar surface area (TPSA) is 75.5 Å². The summed E-state index contributed by atoms with van der Waals surface area (Å²) in [6, 6.07) is 12.1. The van der Waals surface area contributed by atoms with Crippen LogP contribution in [0.5, 0.6) is 5.75 Å². The molecule has 0 saturated heterocycles. The number of carboxylic acid groups (broad SMARTS) is 1. The van der Waals surface area contributed by atoms with Crippen molar-refractivity contribution in [2.45, 2.75) is 66.2 Å². The highest BCUT2D eigenvalue weighted by molar-refractivity contribution is 5.86. The van der Waals surface area contributed by atoms with Crippen molar-refractivity contribution >= 4 is 27.8 Å². The molecule has 0 aliphatic carbocycles. The van der Waals surface area contributed by atoms with E-state index in [2.05, 4.69) is 50.9 Å². The summed E-state index contributed by atoms with van der Waals surface area (Å²) in [6.07, 6.45) is 6.64. The molecule has 180 valence electrons. The van der Waals surface area contributed by atoms with Gasteiger partial charge in [0.15, 0.2) is 0 Å². The number of nitrogens with one attached hydrogen (secondary N) is 1. The van der Waals surface area contributed by atoms with Crippen molar-refractivity contribution in [3.63, 3.8) is 0 Å². The van der Waals surface area contributed by atoms with Crippen LogP contribution in [0, 0.1) is 5.41 Å². The molecule has 2 N–H and O–H groups in total. The van der Waals surface area contributed by atoms with Crippen LogP contribution in [0.15, 0.2) is 47.1 Å². The third kappa shape index (κ3) is 5.64. The molecule has 0 atom stereocenters. The van der Waals surface area contributed by atoms with Crippen LogP contribution in [0.3, 0.4) is 0 Å². The monoisotopic (exact) mass is 461 g/mol. The van der Waals surface area contributed by atoms with E-state index in [1.807, 2.05) is 24.5 Å². The number of benzene rings is 2. The van der Waals surface area contributed by atoms with Crippen LogP contribution in [0.4, 0.5) is 0 Å². The molecule has 34 heavy (non-hydrogen) atoms. The Morgan fingerprint density at radius 1 is 1.12 bits per heavy atom. The van der Waals surface area contributed by atoms with Crippen molar-refractivity contribution in [3.8, 4) is 5.75 Å². The van der Waals surface area contributed by atoms with Crippen LogP contribution in [0.2, 0.25) is 0 Å². The molecule has 0 aliphatic heterocycles. The maximum absolute atomic E-state index is 11.0. The van der Waals surface area contributed by atoms with Crippen LogP contribution in [0.1, 0.15) is 62.9 Å². The molecule has 0 radical (unpaired) electrons. The first-order valence-corrected chi connectivity index (χ1v) is 12.2. The molecule has 0 spiro atoms. The van der Waals surface area contributed by atoms with E-state index in [1.165, 1.54) is 10.9 Å². The molecule has 0 saturated carbocycles. The van der Waals surface area contributed by atoms with Crippen LogP contribution < -0.4 is 4.74 Å². The molecular weight excluding hydrogens is 426 g/mol. The molecule has 0 fully saturated rings. The second-order valence-corrected chi connectivity index (χ2v) is 10.4. The number of aromatic amines is 1. The maximum atomic E-state index is 11.0. The standard InChI is InChI=1S/C29H35NO4/c1-5-7-24-26(12-10-23-21(17-29(2,3)4)18-34-28(23)24)33-13-6-8-22-16-20-14-19(15-27(31)32)9-11-25(20)30-22/h9-12,14,16,18,30H,5-8,13,15,17H2,1-4H3,(H,31,32). The molecule has 2 aromatic carbocycles. The van der Waals surface area contributed by atoms with Gasteiger partial charge in [0.1, 0.15) is 11.3 Å². The first kappa shape index (κ1) is 23.9. The lowest BCUT2D eigenvalue weighted by Gasteiger charge is -2.17. The fourth-order valence-corrected chi connectivity index (χ4v) is 4.63. The van der Waals surface area contributed by atoms with E-state index in [-0.39, 0.29) is 11.8 Å². The van der Waals surface area contributed by atoms with Gasteiger partial charge in [-0.15, -0.1) is 0 Å². The summed E-state index contributed by atoms with van der Waals surface area (Å²) in [5, 5.41) is 11.3. The first-order valence-electron chi connectivity index (χ1n) is 12.2. The van der Waals surface area contributed by atoms with Crippen molar-refractivity contribution in [2.75, 3.05) is 6.61 Å². The number of aliphatic carboxylic acids is 1. The summed E-state index contributed by atoms with van der Waals surface area (Å²) >= 11 is 0. The van der Waals surface area contributed by atoms with Gasteiger partial charge in [0.2, 0.25) is 0 Å². The van der Waals surface area contributed by atoms with E-state index in [1.54, 1.807) is 0 Å². The molecule has 5 nitrogen and oxygen atoms in total. The van der Waals surface area contributed by atoms with E-state index in [0.29, 0.717) is 6.61 Å². The third-order valence-corrected chi connectivity index (χ3v) is 6.05. The highest BCUT2D eigenvalue weighted by atomic mass is 16.5. The average Bonchev–Trinajstić information content (AvgIpc) is 3.34. The number of ether oxygens (including phenoxy) is 1. The fraction of sp³-hybridized carbons (Fsp3) is 0.414. The van der Waals surface area contributed by atoms with E-state index < -0.39 is 5.97 Å². The maximum Gasteiger partial charge on any atom is 0.307 e. The van der Waals surface area contributed by atoms with Gasteiger partial charge in [0.25, 0.3) is 0 Å². The van der Waals surface area contributed by atoms with Gasteiger partial charge in [0.05, 0.1) is 19.3 Å². The van der Waals surface area contributed by atoms with Crippen molar-refractivity contribution in [2.24, 2.45) is 5.41 Å². The van der Waals surface area contributed by atoms with Gasteiger partial charge in [-0.25, -0.2) is 0 Å². The summed E-state index contributed by atoms with van der Waals surface area (Å²) in [6.45, 7) is 9.55. The average molecular weight is 462 g/mol. The zero-order valence-corrected chi connectivity index (χ0v) is 20.7. The fourth-order valence-electron chi connectivity index (χ4n) is 4.63. The molecular formula is C29H35NO4. The lowest BCUT2D eigenvalue weighted by Crippen LogP contribution is -2.08. The highest BCUT2D eigenvalue weighted by Gasteiger charge is 2.19. The van der Waals surface area contributed by atoms with E-state index in [4.69, 9.17) is 14.3 Å². The Hall–Kier alpha value is -3.21. The number of H-pyrrole nitrogens is 1. The minimum absolute atomic E-state index is 0.0437. The van der Waals surface area contributed by atoms with Crippen LogP contribution in [-0.4, -0.2) is 22.7 Å². The SMILES string of the molecule is CCCc1c(OCCCc2cc3cc(CC(=O)O)ccc3[nH]2)ccc2c(CC(C)(C)C)coc12. The highest BCUT2D eigenvalue weighted by Crippen LogP contribution is 2.35. The number of rotatable bonds is 10. The van der Waals surface area contributed by atoms with Crippen molar-refractivity contribution in [1.82, 2.24) is 4.98 Å². The van der Waals surface area contributed by atoms with Crippen molar-refractivity contribution in [1.29, 1.82) is 0 Å². The Kier molecular flexibility index (Phi) is 7.01. The second kappa shape index (κ2) is 9.96. The van der Waals surface area contributed by atoms with Gasteiger partial charge in [0, 0.05) is 22.2 Å². The second-order valence-electron chi connectivity index (χ2n) is 10.4. The van der Waals surface area contributed by atoms with Gasteiger partial charge in [-0.2, -0.15) is 0 Å². The molecule has 0 aliphatic rings. The first-order chi connectivity index (χ1) is 16.2. The van der Waals surface area contributed by atoms with E-state index in [9.17, 15) is 4.79 Å². The molecule has 5 heteroatoms. The van der Waals surface area contributed by atoms with Gasteiger partial charge in [-0.05, 0) is 77.9 Å². The number of fused-ring (bicyclic) bond motifs is 2. The number of carboxylic acids is 1. The normalized spacial score (nSPS) is 12.0. The zero-order valence-electron chi connectivity index (χ0n) is 20.7. The third-order valence-electron chi connectivity index (χ3n) is 6.05. The predicted molar refractivity (Wildman–Crippen MR) is 137 cm³/mol. The number of hydrogen-bond donors (Lipinski definition) is 2. The minimum atomic E-state index is -0.812. The lowest BCUT2D eigenvalue weighted by atomic mass is 9.88. The Morgan fingerprint density at radius 2 is 1.94 bits per heavy atom. The van der Waals surface area contributed by atoms with Crippen molar-refractivity contribution < 1.29 is 19.1 Å². The molecule has 0 amide bonds. The number of aryl methyl sites for hydroxylation is 2. The molecule has 4 rings (SSSR count). The number of carbonyl (C=O) groups is 1. The Bertz CT molecular complexity index is 1290. The Labute approximate surface area is 201 Å². The lowest BCUT2D eigenvalue weighted by molar-refractivity contribution is -0.136. The quantitative estimate of drug-likeness (QED) is 0.247.